The third-order valence-corrected chi connectivity index (χ3v) is 5.14. The number of nitrogens with zero attached hydrogens (tertiary/aromatic N) is 4. The number of Topliss-reactive ketones (excluding diaryl/α,β-unsaturated/α-hetero) is 1. The zero-order chi connectivity index (χ0) is 22.2. The van der Waals surface area contributed by atoms with Crippen molar-refractivity contribution in [3.05, 3.63) is 95.7 Å². The maximum absolute atomic E-state index is 13.6. The van der Waals surface area contributed by atoms with Crippen LogP contribution in [0.4, 0.5) is 8.78 Å². The van der Waals surface area contributed by atoms with Crippen molar-refractivity contribution in [1.29, 1.82) is 0 Å². The van der Waals surface area contributed by atoms with E-state index < -0.39 is 23.3 Å². The van der Waals surface area contributed by atoms with E-state index in [0.29, 0.717) is 27.5 Å². The summed E-state index contributed by atoms with van der Waals surface area (Å²) in [6.45, 7) is 0.195. The monoisotopic (exact) mass is 431 g/mol. The van der Waals surface area contributed by atoms with Crippen LogP contribution < -0.4 is 5.43 Å². The lowest BCUT2D eigenvalue weighted by Gasteiger charge is -2.06. The highest BCUT2D eigenvalue weighted by molar-refractivity contribution is 6.47. The summed E-state index contributed by atoms with van der Waals surface area (Å²) in [7, 11) is 0. The average molecular weight is 431 g/mol. The summed E-state index contributed by atoms with van der Waals surface area (Å²) in [5, 5.41) is 8.37. The van der Waals surface area contributed by atoms with Gasteiger partial charge in [-0.2, -0.15) is 4.79 Å². The molecule has 2 heterocycles. The van der Waals surface area contributed by atoms with E-state index >= 15 is 0 Å². The zero-order valence-corrected chi connectivity index (χ0v) is 16.5. The van der Waals surface area contributed by atoms with Gasteiger partial charge in [0.25, 0.3) is 5.78 Å². The van der Waals surface area contributed by atoms with E-state index in [0.717, 1.165) is 16.9 Å². The van der Waals surface area contributed by atoms with Gasteiger partial charge in [-0.3, -0.25) is 9.59 Å². The fourth-order valence-electron chi connectivity index (χ4n) is 3.61. The van der Waals surface area contributed by atoms with Gasteiger partial charge < -0.3 is 4.57 Å². The minimum absolute atomic E-state index is 0.185. The maximum Gasteiger partial charge on any atom is 0.312 e. The number of hydrogen-bond donors (Lipinski definition) is 1. The van der Waals surface area contributed by atoms with Gasteiger partial charge in [-0.25, -0.2) is 14.2 Å². The molecule has 3 aromatic carbocycles. The molecule has 1 N–H and O–H groups in total. The highest BCUT2D eigenvalue weighted by Crippen LogP contribution is 2.23. The normalized spacial score (nSPS) is 11.2. The molecule has 0 atom stereocenters. The van der Waals surface area contributed by atoms with E-state index in [4.69, 9.17) is 0 Å². The number of ketones is 1. The van der Waals surface area contributed by atoms with E-state index in [2.05, 4.69) is 15.7 Å². The minimum Gasteiger partial charge on any atom is -0.342 e. The smallest absolute Gasteiger partial charge is 0.312 e. The second kappa shape index (κ2) is 7.69. The predicted octanol–water partition coefficient (Wildman–Crippen LogP) is 3.67. The van der Waals surface area contributed by atoms with E-state index in [1.807, 2.05) is 0 Å². The van der Waals surface area contributed by atoms with E-state index in [1.54, 1.807) is 53.1 Å². The molecule has 0 saturated carbocycles. The van der Waals surface area contributed by atoms with Crippen molar-refractivity contribution >= 4 is 33.6 Å². The Morgan fingerprint density at radius 1 is 0.906 bits per heavy atom. The van der Waals surface area contributed by atoms with Gasteiger partial charge in [0, 0.05) is 23.6 Å². The first kappa shape index (κ1) is 19.6. The molecule has 158 valence electrons. The van der Waals surface area contributed by atoms with E-state index in [-0.39, 0.29) is 12.1 Å². The molecule has 7 nitrogen and oxygen atoms in total. The Balaban J connectivity index is 1.47. The van der Waals surface area contributed by atoms with Crippen LogP contribution in [-0.2, 0) is 11.3 Å². The van der Waals surface area contributed by atoms with Crippen molar-refractivity contribution < 1.29 is 18.4 Å². The number of carbonyl (C=O) groups is 2. The highest BCUT2D eigenvalue weighted by Gasteiger charge is 2.23. The van der Waals surface area contributed by atoms with Gasteiger partial charge in [0.05, 0.1) is 5.56 Å². The molecular weight excluding hydrogens is 416 g/mol. The van der Waals surface area contributed by atoms with Crippen LogP contribution in [0, 0.1) is 11.6 Å². The van der Waals surface area contributed by atoms with Crippen molar-refractivity contribution in [3.63, 3.8) is 0 Å². The van der Waals surface area contributed by atoms with E-state index in [9.17, 15) is 18.4 Å². The number of benzene rings is 3. The zero-order valence-electron chi connectivity index (χ0n) is 16.5. The molecule has 5 rings (SSSR count). The maximum atomic E-state index is 13.6. The Morgan fingerprint density at radius 2 is 1.66 bits per heavy atom. The minimum atomic E-state index is -0.949. The summed E-state index contributed by atoms with van der Waals surface area (Å²) in [4.78, 5) is 26.8. The lowest BCUT2D eigenvalue weighted by Crippen LogP contribution is -2.30. The Morgan fingerprint density at radius 3 is 2.47 bits per heavy atom. The molecule has 0 aliphatic heterocycles. The van der Waals surface area contributed by atoms with Gasteiger partial charge in [-0.05, 0) is 41.1 Å². The second-order valence-corrected chi connectivity index (χ2v) is 7.20. The van der Waals surface area contributed by atoms with Crippen molar-refractivity contribution in [1.82, 2.24) is 19.7 Å². The summed E-state index contributed by atoms with van der Waals surface area (Å²) in [6, 6.07) is 17.7. The average Bonchev–Trinajstić information content (AvgIpc) is 3.38. The number of para-hydroxylation sites is 2. The van der Waals surface area contributed by atoms with Crippen LogP contribution in [0.1, 0.15) is 15.9 Å². The number of nitrogens with one attached hydrogen (secondary N) is 1. The summed E-state index contributed by atoms with van der Waals surface area (Å²) in [5.74, 6) is -3.52. The Hall–Kier alpha value is -4.40. The van der Waals surface area contributed by atoms with Crippen LogP contribution in [0.3, 0.4) is 0 Å². The first-order valence-electron chi connectivity index (χ1n) is 9.69. The first-order valence-corrected chi connectivity index (χ1v) is 9.69. The Bertz CT molecular complexity index is 1510. The van der Waals surface area contributed by atoms with Crippen molar-refractivity contribution in [2.45, 2.75) is 6.54 Å². The van der Waals surface area contributed by atoms with Gasteiger partial charge in [0.1, 0.15) is 11.0 Å². The largest absolute Gasteiger partial charge is 0.342 e. The molecule has 0 unspecified atom stereocenters. The number of halogens is 2. The molecule has 0 fully saturated rings. The van der Waals surface area contributed by atoms with Gasteiger partial charge in [-0.15, -0.1) is 5.10 Å². The summed E-state index contributed by atoms with van der Waals surface area (Å²) in [6.07, 6.45) is 1.54. The van der Waals surface area contributed by atoms with Gasteiger partial charge in [0.15, 0.2) is 11.6 Å². The number of amides is 1. The third kappa shape index (κ3) is 3.39. The summed E-state index contributed by atoms with van der Waals surface area (Å²) >= 11 is 0. The lowest BCUT2D eigenvalue weighted by atomic mass is 10.1. The predicted molar refractivity (Wildman–Crippen MR) is 114 cm³/mol. The summed E-state index contributed by atoms with van der Waals surface area (Å²) < 4.78 is 28.6. The fourth-order valence-corrected chi connectivity index (χ4v) is 3.61. The molecule has 1 amide bonds. The summed E-state index contributed by atoms with van der Waals surface area (Å²) in [5.41, 5.74) is 4.96. The Kier molecular flexibility index (Phi) is 4.70. The molecule has 0 radical (unpaired) electrons. The Labute approximate surface area is 179 Å². The first-order chi connectivity index (χ1) is 15.5. The van der Waals surface area contributed by atoms with Crippen LogP contribution in [0.15, 0.2) is 72.9 Å². The molecule has 0 bridgehead atoms. The van der Waals surface area contributed by atoms with Crippen LogP contribution in [0.25, 0.3) is 21.9 Å². The SMILES string of the molecule is O=C(Nn1nnc2ccccc21)C(=O)c1cn(Cc2ccc(F)c(F)c2)c2ccccc12. The van der Waals surface area contributed by atoms with Gasteiger partial charge >= 0.3 is 5.91 Å². The number of rotatable bonds is 5. The molecular formula is C23H15F2N5O2. The second-order valence-electron chi connectivity index (χ2n) is 7.20. The van der Waals surface area contributed by atoms with Crippen molar-refractivity contribution in [3.8, 4) is 0 Å². The number of fused-ring (bicyclic) bond motifs is 2. The van der Waals surface area contributed by atoms with Crippen molar-refractivity contribution in [2.75, 3.05) is 5.43 Å². The van der Waals surface area contributed by atoms with Gasteiger partial charge in [-0.1, -0.05) is 36.4 Å². The standard InChI is InChI=1S/C23H15F2N5O2/c24-17-10-9-14(11-18(17)25)12-29-13-16(15-5-1-3-7-20(15)29)22(31)23(32)27-30-21-8-4-2-6-19(21)26-28-30/h1-11,13H,12H2,(H,27,32). The third-order valence-electron chi connectivity index (χ3n) is 5.14. The van der Waals surface area contributed by atoms with Crippen LogP contribution >= 0.6 is 0 Å². The van der Waals surface area contributed by atoms with Gasteiger partial charge in [0.2, 0.25) is 0 Å². The highest BCUT2D eigenvalue weighted by atomic mass is 19.2. The topological polar surface area (TPSA) is 81.8 Å². The van der Waals surface area contributed by atoms with Crippen LogP contribution in [-0.4, -0.2) is 31.4 Å². The van der Waals surface area contributed by atoms with Crippen molar-refractivity contribution in [2.24, 2.45) is 0 Å². The number of carbonyl (C=O) groups excluding carboxylic acids is 2. The molecule has 0 aliphatic rings. The molecule has 2 aromatic heterocycles. The molecule has 9 heteroatoms. The van der Waals surface area contributed by atoms with E-state index in [1.165, 1.54) is 12.3 Å². The lowest BCUT2D eigenvalue weighted by molar-refractivity contribution is -0.113. The quantitative estimate of drug-likeness (QED) is 0.340. The molecule has 5 aromatic rings. The molecule has 0 spiro atoms. The van der Waals surface area contributed by atoms with Crippen LogP contribution in [0.2, 0.25) is 0 Å². The fraction of sp³-hybridized carbons (Fsp3) is 0.0435. The van der Waals surface area contributed by atoms with Crippen LogP contribution in [0.5, 0.6) is 0 Å². The number of hydrogen-bond acceptors (Lipinski definition) is 4. The molecule has 0 aliphatic carbocycles. The molecule has 32 heavy (non-hydrogen) atoms. The number of aromatic nitrogens is 4. The molecule has 0 saturated heterocycles.